The summed E-state index contributed by atoms with van der Waals surface area (Å²) >= 11 is 0. The molecule has 0 saturated carbocycles. The van der Waals surface area contributed by atoms with Crippen LogP contribution in [0.1, 0.15) is 42.9 Å². The van der Waals surface area contributed by atoms with Gasteiger partial charge < -0.3 is 15.3 Å². The summed E-state index contributed by atoms with van der Waals surface area (Å²) < 4.78 is 0. The Balaban J connectivity index is 1.28. The largest absolute Gasteiger partial charge is 0.393 e. The highest BCUT2D eigenvalue weighted by Gasteiger charge is 2.35. The molecule has 0 bridgehead atoms. The Labute approximate surface area is 190 Å². The van der Waals surface area contributed by atoms with Crippen LogP contribution in [-0.4, -0.2) is 47.6 Å². The Morgan fingerprint density at radius 2 is 1.75 bits per heavy atom. The van der Waals surface area contributed by atoms with Crippen LogP contribution in [0.3, 0.4) is 0 Å². The molecule has 2 aliphatic heterocycles. The van der Waals surface area contributed by atoms with E-state index in [9.17, 15) is 14.7 Å². The number of para-hydroxylation sites is 1. The number of carbonyl (C=O) groups is 2. The van der Waals surface area contributed by atoms with Crippen LogP contribution in [0.5, 0.6) is 0 Å². The molecule has 4 rings (SSSR count). The van der Waals surface area contributed by atoms with Crippen molar-refractivity contribution in [1.82, 2.24) is 10.2 Å². The number of carbonyl (C=O) groups excluding carboxylic acids is 2. The lowest BCUT2D eigenvalue weighted by atomic mass is 10.1. The van der Waals surface area contributed by atoms with Crippen LogP contribution >= 0.6 is 0 Å². The third-order valence-electron chi connectivity index (χ3n) is 6.61. The van der Waals surface area contributed by atoms with Crippen molar-refractivity contribution in [3.05, 3.63) is 65.2 Å². The van der Waals surface area contributed by atoms with Crippen molar-refractivity contribution in [3.8, 4) is 0 Å². The van der Waals surface area contributed by atoms with Gasteiger partial charge in [-0.05, 0) is 42.0 Å². The van der Waals surface area contributed by atoms with Gasteiger partial charge >= 0.3 is 0 Å². The van der Waals surface area contributed by atoms with Crippen LogP contribution in [0.15, 0.2) is 48.5 Å². The van der Waals surface area contributed by atoms with E-state index in [0.717, 1.165) is 55.7 Å². The number of aryl methyl sites for hydroxylation is 1. The zero-order valence-corrected chi connectivity index (χ0v) is 18.8. The maximum Gasteiger partial charge on any atom is 0.227 e. The molecule has 1 atom stereocenters. The minimum absolute atomic E-state index is 0.0145. The number of amides is 2. The lowest BCUT2D eigenvalue weighted by Crippen LogP contribution is -2.35. The molecule has 0 aliphatic carbocycles. The molecule has 6 heteroatoms. The van der Waals surface area contributed by atoms with Crippen molar-refractivity contribution in [3.63, 3.8) is 0 Å². The molecule has 2 aromatic carbocycles. The van der Waals surface area contributed by atoms with E-state index in [-0.39, 0.29) is 30.3 Å². The first-order valence-electron chi connectivity index (χ1n) is 11.7. The molecule has 0 radical (unpaired) electrons. The van der Waals surface area contributed by atoms with Crippen LogP contribution in [0, 0.1) is 5.92 Å². The fourth-order valence-corrected chi connectivity index (χ4v) is 4.62. The van der Waals surface area contributed by atoms with Crippen molar-refractivity contribution in [2.45, 2.75) is 51.8 Å². The third-order valence-corrected chi connectivity index (χ3v) is 6.61. The van der Waals surface area contributed by atoms with E-state index in [1.165, 1.54) is 5.56 Å². The quantitative estimate of drug-likeness (QED) is 0.702. The second-order valence-electron chi connectivity index (χ2n) is 8.93. The van der Waals surface area contributed by atoms with E-state index >= 15 is 0 Å². The third kappa shape index (κ3) is 5.37. The summed E-state index contributed by atoms with van der Waals surface area (Å²) in [5, 5.41) is 12.7. The highest BCUT2D eigenvalue weighted by molar-refractivity contribution is 6.00. The topological polar surface area (TPSA) is 72.9 Å². The summed E-state index contributed by atoms with van der Waals surface area (Å²) in [5.41, 5.74) is 4.34. The Morgan fingerprint density at radius 1 is 1.06 bits per heavy atom. The molecule has 32 heavy (non-hydrogen) atoms. The number of nitrogens with one attached hydrogen (secondary N) is 1. The Kier molecular flexibility index (Phi) is 7.22. The van der Waals surface area contributed by atoms with Crippen LogP contribution in [-0.2, 0) is 29.1 Å². The summed E-state index contributed by atoms with van der Waals surface area (Å²) in [4.78, 5) is 29.4. The molecule has 170 valence electrons. The van der Waals surface area contributed by atoms with Gasteiger partial charge in [-0.25, -0.2) is 0 Å². The molecule has 2 saturated heterocycles. The molecule has 2 amide bonds. The van der Waals surface area contributed by atoms with Gasteiger partial charge in [-0.15, -0.1) is 0 Å². The fraction of sp³-hybridized carbons (Fsp3) is 0.462. The minimum Gasteiger partial charge on any atom is -0.393 e. The van der Waals surface area contributed by atoms with Crippen LogP contribution < -0.4 is 10.2 Å². The number of anilines is 1. The molecular formula is C26H33N3O3. The number of benzene rings is 2. The lowest BCUT2D eigenvalue weighted by molar-refractivity contribution is -0.126. The van der Waals surface area contributed by atoms with E-state index in [2.05, 4.69) is 41.4 Å². The van der Waals surface area contributed by atoms with Crippen LogP contribution in [0.4, 0.5) is 5.69 Å². The van der Waals surface area contributed by atoms with Crippen molar-refractivity contribution >= 4 is 17.5 Å². The first-order valence-corrected chi connectivity index (χ1v) is 11.7. The number of nitrogens with zero attached hydrogens (tertiary/aromatic N) is 2. The SMILES string of the molecule is CCc1ccccc1N1CC(C(=O)NCc2ccc(CN3CCC(O)CC3)cc2)CC1=O. The zero-order valence-electron chi connectivity index (χ0n) is 18.8. The Hall–Kier alpha value is -2.70. The zero-order chi connectivity index (χ0) is 22.5. The molecule has 0 spiro atoms. The van der Waals surface area contributed by atoms with E-state index in [0.29, 0.717) is 13.1 Å². The van der Waals surface area contributed by atoms with Gasteiger partial charge in [0.2, 0.25) is 11.8 Å². The van der Waals surface area contributed by atoms with Gasteiger partial charge in [0, 0.05) is 44.8 Å². The van der Waals surface area contributed by atoms with Gasteiger partial charge in [-0.3, -0.25) is 14.5 Å². The first-order chi connectivity index (χ1) is 15.5. The molecule has 6 nitrogen and oxygen atoms in total. The predicted molar refractivity (Wildman–Crippen MR) is 125 cm³/mol. The second kappa shape index (κ2) is 10.3. The molecule has 2 heterocycles. The maximum absolute atomic E-state index is 12.7. The van der Waals surface area contributed by atoms with Crippen molar-refractivity contribution < 1.29 is 14.7 Å². The number of piperidine rings is 1. The second-order valence-corrected chi connectivity index (χ2v) is 8.93. The highest BCUT2D eigenvalue weighted by Crippen LogP contribution is 2.28. The summed E-state index contributed by atoms with van der Waals surface area (Å²) in [6, 6.07) is 16.2. The van der Waals surface area contributed by atoms with Crippen LogP contribution in [0.25, 0.3) is 0 Å². The smallest absolute Gasteiger partial charge is 0.227 e. The van der Waals surface area contributed by atoms with E-state index < -0.39 is 0 Å². The van der Waals surface area contributed by atoms with Gasteiger partial charge in [-0.1, -0.05) is 49.4 Å². The Morgan fingerprint density at radius 3 is 2.47 bits per heavy atom. The van der Waals surface area contributed by atoms with Crippen molar-refractivity contribution in [2.24, 2.45) is 5.92 Å². The first kappa shape index (κ1) is 22.5. The summed E-state index contributed by atoms with van der Waals surface area (Å²) in [5.74, 6) is -0.368. The standard InChI is InChI=1S/C26H33N3O3/c1-2-21-5-3-4-6-24(21)29-18-22(15-25(29)31)26(32)27-16-19-7-9-20(10-8-19)17-28-13-11-23(30)12-14-28/h3-10,22-23,30H,2,11-18H2,1H3,(H,27,32). The van der Waals surface area contributed by atoms with E-state index in [1.807, 2.05) is 24.3 Å². The van der Waals surface area contributed by atoms with E-state index in [1.54, 1.807) is 4.90 Å². The van der Waals surface area contributed by atoms with E-state index in [4.69, 9.17) is 0 Å². The van der Waals surface area contributed by atoms with Crippen molar-refractivity contribution in [2.75, 3.05) is 24.5 Å². The van der Waals surface area contributed by atoms with Gasteiger partial charge in [0.05, 0.1) is 12.0 Å². The number of aliphatic hydroxyl groups excluding tert-OH is 1. The number of hydrogen-bond donors (Lipinski definition) is 2. The molecule has 2 fully saturated rings. The lowest BCUT2D eigenvalue weighted by Gasteiger charge is -2.29. The Bertz CT molecular complexity index is 936. The number of rotatable bonds is 7. The van der Waals surface area contributed by atoms with Gasteiger partial charge in [0.1, 0.15) is 0 Å². The van der Waals surface area contributed by atoms with Gasteiger partial charge in [0.15, 0.2) is 0 Å². The summed E-state index contributed by atoms with van der Waals surface area (Å²) in [6.45, 7) is 5.72. The average Bonchev–Trinajstić information content (AvgIpc) is 3.21. The fourth-order valence-electron chi connectivity index (χ4n) is 4.62. The molecule has 2 N–H and O–H groups in total. The van der Waals surface area contributed by atoms with Crippen molar-refractivity contribution in [1.29, 1.82) is 0 Å². The number of hydrogen-bond acceptors (Lipinski definition) is 4. The number of likely N-dealkylation sites (tertiary alicyclic amines) is 1. The molecule has 2 aliphatic rings. The summed E-state index contributed by atoms with van der Waals surface area (Å²) in [6.07, 6.45) is 2.64. The van der Waals surface area contributed by atoms with Gasteiger partial charge in [-0.2, -0.15) is 0 Å². The minimum atomic E-state index is -0.318. The normalized spacial score (nSPS) is 20.0. The highest BCUT2D eigenvalue weighted by atomic mass is 16.3. The predicted octanol–water partition coefficient (Wildman–Crippen LogP) is 2.88. The van der Waals surface area contributed by atoms with Gasteiger partial charge in [0.25, 0.3) is 0 Å². The molecule has 2 aromatic rings. The summed E-state index contributed by atoms with van der Waals surface area (Å²) in [7, 11) is 0. The molecule has 1 unspecified atom stereocenters. The molecule has 0 aromatic heterocycles. The maximum atomic E-state index is 12.7. The molecular weight excluding hydrogens is 402 g/mol. The monoisotopic (exact) mass is 435 g/mol. The van der Waals surface area contributed by atoms with Crippen LogP contribution in [0.2, 0.25) is 0 Å². The number of aliphatic hydroxyl groups is 1. The average molecular weight is 436 g/mol.